The number of anilines is 1. The summed E-state index contributed by atoms with van der Waals surface area (Å²) < 4.78 is 5.16. The minimum atomic E-state index is -0.819. The van der Waals surface area contributed by atoms with E-state index < -0.39 is 12.2 Å². The van der Waals surface area contributed by atoms with Crippen LogP contribution in [0.4, 0.5) is 5.69 Å². The number of carbonyl (C=O) groups excluding carboxylic acids is 1. The van der Waals surface area contributed by atoms with E-state index in [1.807, 2.05) is 12.1 Å². The van der Waals surface area contributed by atoms with Gasteiger partial charge in [-0.15, -0.1) is 0 Å². The summed E-state index contributed by atoms with van der Waals surface area (Å²) in [6.07, 6.45) is 2.15. The Morgan fingerprint density at radius 2 is 2.15 bits per heavy atom. The maximum atomic E-state index is 11.4. The van der Waals surface area contributed by atoms with Gasteiger partial charge >= 0.3 is 5.97 Å². The number of nitrogens with one attached hydrogen (secondary N) is 1. The minimum Gasteiger partial charge on any atom is -0.457 e. The van der Waals surface area contributed by atoms with Gasteiger partial charge in [0.1, 0.15) is 6.10 Å². The van der Waals surface area contributed by atoms with Crippen LogP contribution in [0.1, 0.15) is 18.9 Å². The summed E-state index contributed by atoms with van der Waals surface area (Å²) in [5.41, 5.74) is 1.64. The Kier molecular flexibility index (Phi) is 4.76. The zero-order valence-electron chi connectivity index (χ0n) is 11.3. The van der Waals surface area contributed by atoms with Gasteiger partial charge in [0.2, 0.25) is 0 Å². The first-order valence-electron chi connectivity index (χ1n) is 6.60. The number of cyclic esters (lactones) is 1. The Hall–Kier alpha value is -1.85. The molecule has 5 nitrogen and oxygen atoms in total. The standard InChI is InChI=1S/C15H19NO4/c1-2-3-13(18)15-12(8-14(19)20-15)16-11-6-4-10(9-17)5-7-11/h2-7,12-13,15-18H,8-9H2,1H3/b3-2+/t12-,13-,15-/m0/s1. The second-order valence-corrected chi connectivity index (χ2v) is 4.78. The van der Waals surface area contributed by atoms with Crippen LogP contribution in [-0.2, 0) is 16.1 Å². The smallest absolute Gasteiger partial charge is 0.308 e. The fourth-order valence-electron chi connectivity index (χ4n) is 2.25. The molecule has 3 N–H and O–H groups in total. The molecule has 1 aliphatic heterocycles. The third-order valence-corrected chi connectivity index (χ3v) is 3.27. The molecule has 20 heavy (non-hydrogen) atoms. The quantitative estimate of drug-likeness (QED) is 0.557. The molecule has 2 rings (SSSR count). The molecule has 1 aromatic carbocycles. The highest BCUT2D eigenvalue weighted by atomic mass is 16.6. The lowest BCUT2D eigenvalue weighted by Crippen LogP contribution is -2.38. The lowest BCUT2D eigenvalue weighted by atomic mass is 10.0. The molecule has 0 amide bonds. The van der Waals surface area contributed by atoms with Gasteiger partial charge in [-0.25, -0.2) is 0 Å². The van der Waals surface area contributed by atoms with Crippen molar-refractivity contribution in [1.29, 1.82) is 0 Å². The van der Waals surface area contributed by atoms with E-state index in [-0.39, 0.29) is 25.0 Å². The van der Waals surface area contributed by atoms with Crippen molar-refractivity contribution < 1.29 is 19.7 Å². The Bertz CT molecular complexity index is 483. The second kappa shape index (κ2) is 6.54. The summed E-state index contributed by atoms with van der Waals surface area (Å²) in [6, 6.07) is 6.99. The number of aliphatic hydroxyl groups excluding tert-OH is 2. The van der Waals surface area contributed by atoms with Crippen LogP contribution in [0.2, 0.25) is 0 Å². The van der Waals surface area contributed by atoms with Crippen LogP contribution >= 0.6 is 0 Å². The third kappa shape index (κ3) is 3.37. The Morgan fingerprint density at radius 3 is 2.75 bits per heavy atom. The number of benzene rings is 1. The predicted octanol–water partition coefficient (Wildman–Crippen LogP) is 1.21. The summed E-state index contributed by atoms with van der Waals surface area (Å²) >= 11 is 0. The van der Waals surface area contributed by atoms with Crippen molar-refractivity contribution in [3.05, 3.63) is 42.0 Å². The molecule has 0 aromatic heterocycles. The van der Waals surface area contributed by atoms with Crippen LogP contribution in [0.15, 0.2) is 36.4 Å². The summed E-state index contributed by atoms with van der Waals surface area (Å²) in [6.45, 7) is 1.80. The number of hydrogen-bond acceptors (Lipinski definition) is 5. The molecule has 0 saturated carbocycles. The van der Waals surface area contributed by atoms with E-state index in [0.29, 0.717) is 0 Å². The molecular weight excluding hydrogens is 258 g/mol. The highest BCUT2D eigenvalue weighted by Gasteiger charge is 2.38. The summed E-state index contributed by atoms with van der Waals surface area (Å²) in [7, 11) is 0. The molecule has 0 unspecified atom stereocenters. The third-order valence-electron chi connectivity index (χ3n) is 3.27. The minimum absolute atomic E-state index is 0.00601. The average Bonchev–Trinajstić information content (AvgIpc) is 2.81. The molecule has 0 aliphatic carbocycles. The van der Waals surface area contributed by atoms with Gasteiger partial charge in [-0.05, 0) is 24.6 Å². The first kappa shape index (κ1) is 14.6. The molecule has 108 valence electrons. The van der Waals surface area contributed by atoms with Crippen molar-refractivity contribution in [2.45, 2.75) is 38.2 Å². The number of ether oxygens (including phenoxy) is 1. The highest BCUT2D eigenvalue weighted by molar-refractivity contribution is 5.74. The van der Waals surface area contributed by atoms with Crippen molar-refractivity contribution in [1.82, 2.24) is 0 Å². The number of rotatable bonds is 5. The van der Waals surface area contributed by atoms with E-state index in [1.165, 1.54) is 0 Å². The molecule has 1 aliphatic rings. The van der Waals surface area contributed by atoms with Crippen LogP contribution in [0.25, 0.3) is 0 Å². The van der Waals surface area contributed by atoms with Gasteiger partial charge in [0.05, 0.1) is 19.1 Å². The lowest BCUT2D eigenvalue weighted by molar-refractivity contribution is -0.144. The number of allylic oxidation sites excluding steroid dienone is 1. The predicted molar refractivity (Wildman–Crippen MR) is 75.1 cm³/mol. The van der Waals surface area contributed by atoms with Crippen molar-refractivity contribution >= 4 is 11.7 Å². The van der Waals surface area contributed by atoms with E-state index in [0.717, 1.165) is 11.3 Å². The molecule has 0 spiro atoms. The first-order chi connectivity index (χ1) is 9.63. The number of carbonyl (C=O) groups is 1. The fourth-order valence-corrected chi connectivity index (χ4v) is 2.25. The number of aliphatic hydroxyl groups is 2. The maximum absolute atomic E-state index is 11.4. The largest absolute Gasteiger partial charge is 0.457 e. The van der Waals surface area contributed by atoms with Gasteiger partial charge in [0, 0.05) is 5.69 Å². The molecule has 3 atom stereocenters. The van der Waals surface area contributed by atoms with Crippen molar-refractivity contribution in [2.24, 2.45) is 0 Å². The van der Waals surface area contributed by atoms with Crippen molar-refractivity contribution in [2.75, 3.05) is 5.32 Å². The van der Waals surface area contributed by atoms with Gasteiger partial charge in [0.25, 0.3) is 0 Å². The van der Waals surface area contributed by atoms with Crippen LogP contribution in [0.3, 0.4) is 0 Å². The molecule has 1 aromatic rings. The monoisotopic (exact) mass is 277 g/mol. The van der Waals surface area contributed by atoms with E-state index in [1.54, 1.807) is 31.2 Å². The van der Waals surface area contributed by atoms with Crippen LogP contribution in [-0.4, -0.2) is 34.4 Å². The molecule has 0 radical (unpaired) electrons. The Morgan fingerprint density at radius 1 is 1.45 bits per heavy atom. The van der Waals surface area contributed by atoms with Gasteiger partial charge in [-0.2, -0.15) is 0 Å². The SMILES string of the molecule is C/C=C/[C@H](O)[C@H]1OC(=O)C[C@@H]1Nc1ccc(CO)cc1. The lowest BCUT2D eigenvalue weighted by Gasteiger charge is -2.22. The fraction of sp³-hybridized carbons (Fsp3) is 0.400. The Labute approximate surface area is 117 Å². The summed E-state index contributed by atoms with van der Waals surface area (Å²) in [5.74, 6) is -0.317. The van der Waals surface area contributed by atoms with Crippen LogP contribution in [0, 0.1) is 0 Å². The average molecular weight is 277 g/mol. The van der Waals surface area contributed by atoms with E-state index in [9.17, 15) is 9.90 Å². The van der Waals surface area contributed by atoms with Crippen LogP contribution in [0.5, 0.6) is 0 Å². The van der Waals surface area contributed by atoms with E-state index in [2.05, 4.69) is 5.32 Å². The first-order valence-corrected chi connectivity index (χ1v) is 6.60. The van der Waals surface area contributed by atoms with Crippen LogP contribution < -0.4 is 5.32 Å². The number of hydrogen-bond donors (Lipinski definition) is 3. The van der Waals surface area contributed by atoms with Crippen molar-refractivity contribution in [3.63, 3.8) is 0 Å². The molecule has 1 heterocycles. The highest BCUT2D eigenvalue weighted by Crippen LogP contribution is 2.23. The van der Waals surface area contributed by atoms with Gasteiger partial charge < -0.3 is 20.3 Å². The zero-order chi connectivity index (χ0) is 14.5. The normalized spacial score (nSPS) is 23.9. The van der Waals surface area contributed by atoms with Gasteiger partial charge in [-0.1, -0.05) is 24.3 Å². The molecule has 1 fully saturated rings. The molecular formula is C15H19NO4. The maximum Gasteiger partial charge on any atom is 0.308 e. The topological polar surface area (TPSA) is 78.8 Å². The molecule has 0 bridgehead atoms. The molecule has 5 heteroatoms. The molecule has 1 saturated heterocycles. The summed E-state index contributed by atoms with van der Waals surface area (Å²) in [5, 5.41) is 22.1. The second-order valence-electron chi connectivity index (χ2n) is 4.78. The van der Waals surface area contributed by atoms with Gasteiger partial charge in [-0.3, -0.25) is 4.79 Å². The zero-order valence-corrected chi connectivity index (χ0v) is 11.3. The van der Waals surface area contributed by atoms with E-state index >= 15 is 0 Å². The van der Waals surface area contributed by atoms with E-state index in [4.69, 9.17) is 9.84 Å². The van der Waals surface area contributed by atoms with Crippen molar-refractivity contribution in [3.8, 4) is 0 Å². The van der Waals surface area contributed by atoms with Gasteiger partial charge in [0.15, 0.2) is 6.10 Å². The Balaban J connectivity index is 2.07. The number of esters is 1. The summed E-state index contributed by atoms with van der Waals surface area (Å²) in [4.78, 5) is 11.4.